The third kappa shape index (κ3) is 7.90. The van der Waals surface area contributed by atoms with Gasteiger partial charge in [0.2, 0.25) is 5.91 Å². The van der Waals surface area contributed by atoms with E-state index in [1.165, 1.54) is 32.8 Å². The highest BCUT2D eigenvalue weighted by Crippen LogP contribution is 2.29. The lowest BCUT2D eigenvalue weighted by molar-refractivity contribution is -0.285. The Kier molecular flexibility index (Phi) is 11.2. The molecule has 1 aliphatic rings. The molecule has 0 aromatic heterocycles. The van der Waals surface area contributed by atoms with E-state index in [1.54, 1.807) is 18.2 Å². The van der Waals surface area contributed by atoms with E-state index < -0.39 is 30.7 Å². The van der Waals surface area contributed by atoms with Crippen LogP contribution in [0.25, 0.3) is 0 Å². The number of amides is 1. The summed E-state index contributed by atoms with van der Waals surface area (Å²) in [5, 5.41) is 41.9. The SMILES string of the molecule is CCCCCCCCC(=O)NCc1ccc(OC[C@H]2O[C@H](O)[C@H](O)[C@@H](O)[C@@H]2O)c(OC)c1. The van der Waals surface area contributed by atoms with E-state index in [0.29, 0.717) is 24.5 Å². The molecular formula is C23H37NO8. The molecule has 5 N–H and O–H groups in total. The molecule has 5 atom stereocenters. The number of carbonyl (C=O) groups is 1. The summed E-state index contributed by atoms with van der Waals surface area (Å²) in [6.07, 6.45) is 0.114. The second-order valence-corrected chi connectivity index (χ2v) is 8.13. The number of rotatable bonds is 13. The van der Waals surface area contributed by atoms with Gasteiger partial charge in [-0.05, 0) is 24.1 Å². The van der Waals surface area contributed by atoms with Crippen molar-refractivity contribution >= 4 is 5.91 Å². The number of carbonyl (C=O) groups excluding carboxylic acids is 1. The fraction of sp³-hybridized carbons (Fsp3) is 0.696. The van der Waals surface area contributed by atoms with Crippen molar-refractivity contribution < 1.29 is 39.4 Å². The maximum absolute atomic E-state index is 12.0. The number of hydrogen-bond donors (Lipinski definition) is 5. The van der Waals surface area contributed by atoms with Crippen molar-refractivity contribution in [3.63, 3.8) is 0 Å². The van der Waals surface area contributed by atoms with E-state index in [2.05, 4.69) is 12.2 Å². The van der Waals surface area contributed by atoms with Crippen molar-refractivity contribution in [2.45, 2.75) is 89.1 Å². The average molecular weight is 456 g/mol. The average Bonchev–Trinajstić information content (AvgIpc) is 2.80. The first kappa shape index (κ1) is 26.3. The second-order valence-electron chi connectivity index (χ2n) is 8.13. The first-order chi connectivity index (χ1) is 15.4. The maximum Gasteiger partial charge on any atom is 0.220 e. The molecule has 182 valence electrons. The Balaban J connectivity index is 1.80. The van der Waals surface area contributed by atoms with Gasteiger partial charge in [-0.2, -0.15) is 0 Å². The Morgan fingerprint density at radius 2 is 1.72 bits per heavy atom. The lowest BCUT2D eigenvalue weighted by Crippen LogP contribution is -2.58. The van der Waals surface area contributed by atoms with Crippen LogP contribution in [0.5, 0.6) is 11.5 Å². The Morgan fingerprint density at radius 3 is 2.44 bits per heavy atom. The molecule has 0 bridgehead atoms. The Bertz CT molecular complexity index is 701. The van der Waals surface area contributed by atoms with Crippen molar-refractivity contribution in [2.24, 2.45) is 0 Å². The smallest absolute Gasteiger partial charge is 0.220 e. The van der Waals surface area contributed by atoms with Crippen LogP contribution in [0.2, 0.25) is 0 Å². The van der Waals surface area contributed by atoms with Gasteiger partial charge < -0.3 is 40.0 Å². The van der Waals surface area contributed by atoms with Gasteiger partial charge in [0.05, 0.1) is 7.11 Å². The summed E-state index contributed by atoms with van der Waals surface area (Å²) in [5.74, 6) is 0.821. The molecule has 9 heteroatoms. The van der Waals surface area contributed by atoms with Crippen LogP contribution in [0, 0.1) is 0 Å². The number of nitrogens with one attached hydrogen (secondary N) is 1. The Morgan fingerprint density at radius 1 is 1.00 bits per heavy atom. The monoisotopic (exact) mass is 455 g/mol. The van der Waals surface area contributed by atoms with E-state index in [-0.39, 0.29) is 12.5 Å². The number of aliphatic hydroxyl groups excluding tert-OH is 4. The molecule has 1 heterocycles. The maximum atomic E-state index is 12.0. The largest absolute Gasteiger partial charge is 0.493 e. The third-order valence-electron chi connectivity index (χ3n) is 5.57. The van der Waals surface area contributed by atoms with E-state index in [4.69, 9.17) is 14.2 Å². The van der Waals surface area contributed by atoms with Crippen LogP contribution in [0.3, 0.4) is 0 Å². The number of methoxy groups -OCH3 is 1. The number of aliphatic hydroxyl groups is 4. The topological polar surface area (TPSA) is 138 Å². The van der Waals surface area contributed by atoms with Crippen LogP contribution >= 0.6 is 0 Å². The van der Waals surface area contributed by atoms with Gasteiger partial charge in [0.1, 0.15) is 31.0 Å². The molecule has 1 fully saturated rings. The van der Waals surface area contributed by atoms with E-state index in [0.717, 1.165) is 18.4 Å². The minimum atomic E-state index is -1.62. The van der Waals surface area contributed by atoms with Gasteiger partial charge in [-0.25, -0.2) is 0 Å². The third-order valence-corrected chi connectivity index (χ3v) is 5.57. The van der Waals surface area contributed by atoms with Crippen molar-refractivity contribution in [3.8, 4) is 11.5 Å². The van der Waals surface area contributed by atoms with E-state index in [9.17, 15) is 25.2 Å². The molecule has 0 spiro atoms. The zero-order valence-corrected chi connectivity index (χ0v) is 18.9. The first-order valence-electron chi connectivity index (χ1n) is 11.3. The highest BCUT2D eigenvalue weighted by Gasteiger charge is 2.43. The van der Waals surface area contributed by atoms with Gasteiger partial charge in [0.25, 0.3) is 0 Å². The van der Waals surface area contributed by atoms with Crippen LogP contribution in [-0.2, 0) is 16.1 Å². The summed E-state index contributed by atoms with van der Waals surface area (Å²) in [6.45, 7) is 2.37. The highest BCUT2D eigenvalue weighted by molar-refractivity contribution is 5.75. The number of hydrogen-bond acceptors (Lipinski definition) is 8. The lowest BCUT2D eigenvalue weighted by Gasteiger charge is -2.38. The van der Waals surface area contributed by atoms with Crippen LogP contribution < -0.4 is 14.8 Å². The molecule has 1 saturated heterocycles. The normalized spacial score (nSPS) is 25.4. The van der Waals surface area contributed by atoms with Crippen molar-refractivity contribution in [1.29, 1.82) is 0 Å². The molecule has 9 nitrogen and oxygen atoms in total. The first-order valence-corrected chi connectivity index (χ1v) is 11.3. The lowest BCUT2D eigenvalue weighted by atomic mass is 9.99. The van der Waals surface area contributed by atoms with Crippen LogP contribution in [-0.4, -0.2) is 70.8 Å². The van der Waals surface area contributed by atoms with Crippen LogP contribution in [0.4, 0.5) is 0 Å². The molecule has 2 rings (SSSR count). The van der Waals surface area contributed by atoms with Crippen LogP contribution in [0.1, 0.15) is 57.4 Å². The van der Waals surface area contributed by atoms with Gasteiger partial charge in [0.15, 0.2) is 17.8 Å². The molecule has 0 aliphatic carbocycles. The zero-order chi connectivity index (χ0) is 23.5. The quantitative estimate of drug-likeness (QED) is 0.280. The fourth-order valence-electron chi connectivity index (χ4n) is 3.54. The molecule has 1 aromatic rings. The minimum Gasteiger partial charge on any atom is -0.493 e. The molecular weight excluding hydrogens is 418 g/mol. The molecule has 1 amide bonds. The minimum absolute atomic E-state index is 0.0162. The Labute approximate surface area is 189 Å². The van der Waals surface area contributed by atoms with E-state index >= 15 is 0 Å². The molecule has 32 heavy (non-hydrogen) atoms. The predicted molar refractivity (Wildman–Crippen MR) is 117 cm³/mol. The summed E-state index contributed by atoms with van der Waals surface area (Å²) >= 11 is 0. The van der Waals surface area contributed by atoms with Gasteiger partial charge in [-0.3, -0.25) is 4.79 Å². The molecule has 0 radical (unpaired) electrons. The van der Waals surface area contributed by atoms with Crippen molar-refractivity contribution in [3.05, 3.63) is 23.8 Å². The molecule has 0 saturated carbocycles. The number of unbranched alkanes of at least 4 members (excludes halogenated alkanes) is 5. The number of benzene rings is 1. The van der Waals surface area contributed by atoms with Crippen molar-refractivity contribution in [1.82, 2.24) is 5.32 Å². The van der Waals surface area contributed by atoms with Gasteiger partial charge in [-0.1, -0.05) is 45.1 Å². The van der Waals surface area contributed by atoms with Crippen molar-refractivity contribution in [2.75, 3.05) is 13.7 Å². The number of ether oxygens (including phenoxy) is 3. The highest BCUT2D eigenvalue weighted by atomic mass is 16.6. The summed E-state index contributed by atoms with van der Waals surface area (Å²) in [5.41, 5.74) is 0.841. The summed E-state index contributed by atoms with van der Waals surface area (Å²) in [6, 6.07) is 5.20. The fourth-order valence-corrected chi connectivity index (χ4v) is 3.54. The van der Waals surface area contributed by atoms with Crippen LogP contribution in [0.15, 0.2) is 18.2 Å². The summed E-state index contributed by atoms with van der Waals surface area (Å²) in [7, 11) is 1.49. The molecule has 1 aromatic carbocycles. The van der Waals surface area contributed by atoms with Gasteiger partial charge in [-0.15, -0.1) is 0 Å². The predicted octanol–water partition coefficient (Wildman–Crippen LogP) is 1.24. The summed E-state index contributed by atoms with van der Waals surface area (Å²) in [4.78, 5) is 12.0. The molecule has 0 unspecified atom stereocenters. The van der Waals surface area contributed by atoms with E-state index in [1.807, 2.05) is 0 Å². The zero-order valence-electron chi connectivity index (χ0n) is 18.9. The standard InChI is InChI=1S/C23H37NO8/c1-3-4-5-6-7-8-9-19(25)24-13-15-10-11-16(17(12-15)30-2)31-14-18-20(26)21(27)22(28)23(29)32-18/h10-12,18,20-23,26-29H,3-9,13-14H2,1-2H3,(H,24,25)/t18-,20-,21+,22-,23+/m1/s1. The van der Waals surface area contributed by atoms with Gasteiger partial charge in [0, 0.05) is 13.0 Å². The Hall–Kier alpha value is -1.91. The van der Waals surface area contributed by atoms with Gasteiger partial charge >= 0.3 is 0 Å². The second kappa shape index (κ2) is 13.6. The summed E-state index contributed by atoms with van der Waals surface area (Å²) < 4.78 is 16.1. The molecule has 1 aliphatic heterocycles.